The van der Waals surface area contributed by atoms with Gasteiger partial charge in [-0.1, -0.05) is 25.0 Å². The topological polar surface area (TPSA) is 81.6 Å². The van der Waals surface area contributed by atoms with E-state index in [1.165, 1.54) is 12.1 Å². The number of hydrogen-bond acceptors (Lipinski definition) is 4. The highest BCUT2D eigenvalue weighted by molar-refractivity contribution is 5.51. The Hall–Kier alpha value is -2.68. The van der Waals surface area contributed by atoms with E-state index in [-0.39, 0.29) is 17.4 Å². The van der Waals surface area contributed by atoms with Gasteiger partial charge in [0.1, 0.15) is 17.7 Å². The van der Waals surface area contributed by atoms with Crippen LogP contribution < -0.4 is 10.9 Å². The molecule has 2 aromatic rings. The minimum Gasteiger partial charge on any atom is -0.366 e. The summed E-state index contributed by atoms with van der Waals surface area (Å²) in [5.74, 6) is 0.414. The number of anilines is 1. The van der Waals surface area contributed by atoms with Gasteiger partial charge in [0.25, 0.3) is 5.56 Å². The number of nitriles is 1. The molecule has 0 radical (unpaired) electrons. The summed E-state index contributed by atoms with van der Waals surface area (Å²) < 4.78 is 13.3. The van der Waals surface area contributed by atoms with Gasteiger partial charge in [0.05, 0.1) is 0 Å². The van der Waals surface area contributed by atoms with Crippen LogP contribution in [-0.4, -0.2) is 16.0 Å². The summed E-state index contributed by atoms with van der Waals surface area (Å²) in [4.78, 5) is 19.1. The van der Waals surface area contributed by atoms with Gasteiger partial charge in [-0.3, -0.25) is 4.79 Å². The molecular formula is C17H17FN4O. The number of halogens is 1. The number of rotatable bonds is 4. The smallest absolute Gasteiger partial charge is 0.271 e. The molecule has 1 aromatic heterocycles. The maximum atomic E-state index is 13.3. The fourth-order valence-electron chi connectivity index (χ4n) is 2.92. The average molecular weight is 312 g/mol. The number of aromatic amines is 1. The van der Waals surface area contributed by atoms with Crippen LogP contribution in [0.5, 0.6) is 0 Å². The van der Waals surface area contributed by atoms with Crippen molar-refractivity contribution in [2.75, 3.05) is 5.32 Å². The minimum absolute atomic E-state index is 0.0000998. The van der Waals surface area contributed by atoms with Crippen molar-refractivity contribution < 1.29 is 4.39 Å². The second-order valence-corrected chi connectivity index (χ2v) is 5.78. The van der Waals surface area contributed by atoms with Gasteiger partial charge in [-0.15, -0.1) is 0 Å². The summed E-state index contributed by atoms with van der Waals surface area (Å²) in [5, 5.41) is 12.4. The molecule has 118 valence electrons. The number of H-pyrrole nitrogens is 1. The highest BCUT2D eigenvalue weighted by Crippen LogP contribution is 2.22. The Morgan fingerprint density at radius 3 is 2.87 bits per heavy atom. The van der Waals surface area contributed by atoms with E-state index < -0.39 is 5.56 Å². The van der Waals surface area contributed by atoms with Gasteiger partial charge < -0.3 is 10.3 Å². The molecule has 1 saturated carbocycles. The fourth-order valence-corrected chi connectivity index (χ4v) is 2.92. The van der Waals surface area contributed by atoms with E-state index in [9.17, 15) is 14.4 Å². The molecule has 1 aromatic carbocycles. The Bertz CT molecular complexity index is 803. The predicted molar refractivity (Wildman–Crippen MR) is 84.7 cm³/mol. The summed E-state index contributed by atoms with van der Waals surface area (Å²) in [6, 6.07) is 8.31. The summed E-state index contributed by atoms with van der Waals surface area (Å²) in [7, 11) is 0. The monoisotopic (exact) mass is 312 g/mol. The van der Waals surface area contributed by atoms with Crippen molar-refractivity contribution in [1.29, 1.82) is 5.26 Å². The van der Waals surface area contributed by atoms with Crippen LogP contribution in [-0.2, 0) is 6.42 Å². The minimum atomic E-state index is -0.464. The molecule has 0 bridgehead atoms. The zero-order valence-electron chi connectivity index (χ0n) is 12.6. The molecular weight excluding hydrogens is 295 g/mol. The van der Waals surface area contributed by atoms with Crippen molar-refractivity contribution in [3.63, 3.8) is 0 Å². The standard InChI is InChI=1S/C17H17FN4O/c18-12-5-3-4-11(8-12)9-15-21-16(14(10-19)17(23)22-15)20-13-6-1-2-7-13/h3-5,8,13H,1-2,6-7,9H2,(H2,20,21,22,23). The van der Waals surface area contributed by atoms with Crippen molar-refractivity contribution >= 4 is 5.82 Å². The Kier molecular flexibility index (Phi) is 4.38. The average Bonchev–Trinajstić information content (AvgIpc) is 3.00. The molecule has 2 N–H and O–H groups in total. The van der Waals surface area contributed by atoms with E-state index in [4.69, 9.17) is 0 Å². The lowest BCUT2D eigenvalue weighted by molar-refractivity contribution is 0.625. The highest BCUT2D eigenvalue weighted by atomic mass is 19.1. The van der Waals surface area contributed by atoms with Gasteiger partial charge in [-0.2, -0.15) is 5.26 Å². The van der Waals surface area contributed by atoms with Crippen LogP contribution in [0.1, 0.15) is 42.6 Å². The Morgan fingerprint density at radius 2 is 2.17 bits per heavy atom. The molecule has 3 rings (SSSR count). The van der Waals surface area contributed by atoms with Crippen LogP contribution in [0, 0.1) is 17.1 Å². The number of benzene rings is 1. The second kappa shape index (κ2) is 6.61. The van der Waals surface area contributed by atoms with Crippen molar-refractivity contribution in [1.82, 2.24) is 9.97 Å². The third-order valence-electron chi connectivity index (χ3n) is 4.04. The molecule has 23 heavy (non-hydrogen) atoms. The third kappa shape index (κ3) is 3.57. The van der Waals surface area contributed by atoms with Gasteiger partial charge in [0.15, 0.2) is 11.4 Å². The lowest BCUT2D eigenvalue weighted by atomic mass is 10.1. The van der Waals surface area contributed by atoms with Crippen molar-refractivity contribution in [3.05, 3.63) is 57.4 Å². The van der Waals surface area contributed by atoms with E-state index >= 15 is 0 Å². The lowest BCUT2D eigenvalue weighted by Crippen LogP contribution is -2.23. The van der Waals surface area contributed by atoms with Crippen molar-refractivity contribution in [3.8, 4) is 6.07 Å². The van der Waals surface area contributed by atoms with Gasteiger partial charge in [-0.05, 0) is 30.5 Å². The molecule has 0 unspecified atom stereocenters. The van der Waals surface area contributed by atoms with Gasteiger partial charge >= 0.3 is 0 Å². The molecule has 1 heterocycles. The van der Waals surface area contributed by atoms with Crippen LogP contribution in [0.15, 0.2) is 29.1 Å². The number of aromatic nitrogens is 2. The SMILES string of the molecule is N#Cc1c(NC2CCCC2)nc(Cc2cccc(F)c2)[nH]c1=O. The van der Waals surface area contributed by atoms with E-state index in [0.29, 0.717) is 23.6 Å². The molecule has 5 nitrogen and oxygen atoms in total. The Balaban J connectivity index is 1.90. The van der Waals surface area contributed by atoms with Crippen LogP contribution >= 0.6 is 0 Å². The highest BCUT2D eigenvalue weighted by Gasteiger charge is 2.19. The third-order valence-corrected chi connectivity index (χ3v) is 4.04. The molecule has 1 aliphatic carbocycles. The van der Waals surface area contributed by atoms with Gasteiger partial charge in [-0.25, -0.2) is 9.37 Å². The van der Waals surface area contributed by atoms with E-state index in [2.05, 4.69) is 15.3 Å². The molecule has 6 heteroatoms. The van der Waals surface area contributed by atoms with Crippen LogP contribution in [0.2, 0.25) is 0 Å². The first-order valence-corrected chi connectivity index (χ1v) is 7.70. The van der Waals surface area contributed by atoms with Crippen molar-refractivity contribution in [2.45, 2.75) is 38.1 Å². The van der Waals surface area contributed by atoms with E-state index in [0.717, 1.165) is 25.7 Å². The molecule has 1 fully saturated rings. The number of nitrogens with zero attached hydrogens (tertiary/aromatic N) is 2. The summed E-state index contributed by atoms with van der Waals surface area (Å²) in [6.45, 7) is 0. The largest absolute Gasteiger partial charge is 0.366 e. The zero-order chi connectivity index (χ0) is 16.2. The Morgan fingerprint density at radius 1 is 1.39 bits per heavy atom. The molecule has 0 amide bonds. The molecule has 0 saturated heterocycles. The number of hydrogen-bond donors (Lipinski definition) is 2. The van der Waals surface area contributed by atoms with Crippen LogP contribution in [0.3, 0.4) is 0 Å². The summed E-state index contributed by atoms with van der Waals surface area (Å²) in [5.41, 5.74) is 0.249. The Labute approximate surface area is 133 Å². The maximum Gasteiger partial charge on any atom is 0.271 e. The van der Waals surface area contributed by atoms with E-state index in [1.807, 2.05) is 6.07 Å². The van der Waals surface area contributed by atoms with Crippen molar-refractivity contribution in [2.24, 2.45) is 0 Å². The summed E-state index contributed by atoms with van der Waals surface area (Å²) in [6.07, 6.45) is 4.60. The first kappa shape index (κ1) is 15.2. The fraction of sp³-hybridized carbons (Fsp3) is 0.353. The molecule has 0 atom stereocenters. The quantitative estimate of drug-likeness (QED) is 0.909. The lowest BCUT2D eigenvalue weighted by Gasteiger charge is -2.14. The van der Waals surface area contributed by atoms with Crippen LogP contribution in [0.4, 0.5) is 10.2 Å². The summed E-state index contributed by atoms with van der Waals surface area (Å²) >= 11 is 0. The second-order valence-electron chi connectivity index (χ2n) is 5.78. The predicted octanol–water partition coefficient (Wildman–Crippen LogP) is 2.73. The van der Waals surface area contributed by atoms with Gasteiger partial charge in [0.2, 0.25) is 0 Å². The number of nitrogens with one attached hydrogen (secondary N) is 2. The normalized spacial score (nSPS) is 14.6. The molecule has 0 spiro atoms. The zero-order valence-corrected chi connectivity index (χ0v) is 12.6. The molecule has 0 aliphatic heterocycles. The molecule has 1 aliphatic rings. The van der Waals surface area contributed by atoms with E-state index in [1.54, 1.807) is 12.1 Å². The first-order chi connectivity index (χ1) is 11.2. The maximum absolute atomic E-state index is 13.3. The van der Waals surface area contributed by atoms with Crippen LogP contribution in [0.25, 0.3) is 0 Å². The van der Waals surface area contributed by atoms with Gasteiger partial charge in [0, 0.05) is 12.5 Å². The first-order valence-electron chi connectivity index (χ1n) is 7.70.